The number of nitrogens with zero attached hydrogens (tertiary/aromatic N) is 4. The molecule has 1 fully saturated rings. The molecule has 29 heavy (non-hydrogen) atoms. The lowest BCUT2D eigenvalue weighted by atomic mass is 10.1. The zero-order valence-electron chi connectivity index (χ0n) is 15.7. The average molecular weight is 393 g/mol. The summed E-state index contributed by atoms with van der Waals surface area (Å²) in [5.41, 5.74) is 1.36. The monoisotopic (exact) mass is 393 g/mol. The zero-order chi connectivity index (χ0) is 20.2. The second kappa shape index (κ2) is 8.19. The third kappa shape index (κ3) is 3.99. The Bertz CT molecular complexity index is 1070. The molecular formula is C20H19N5O4. The molecule has 4 rings (SSSR count). The Morgan fingerprint density at radius 3 is 2.93 bits per heavy atom. The van der Waals surface area contributed by atoms with Gasteiger partial charge in [0.25, 0.3) is 11.5 Å². The van der Waals surface area contributed by atoms with Crippen molar-refractivity contribution < 1.29 is 14.3 Å². The maximum Gasteiger partial charge on any atom is 0.271 e. The first-order chi connectivity index (χ1) is 14.2. The summed E-state index contributed by atoms with van der Waals surface area (Å²) in [7, 11) is 1.59. The van der Waals surface area contributed by atoms with Gasteiger partial charge in [0.05, 0.1) is 38.3 Å². The maximum absolute atomic E-state index is 12.5. The number of methoxy groups -OCH3 is 1. The van der Waals surface area contributed by atoms with Crippen molar-refractivity contribution in [3.63, 3.8) is 0 Å². The van der Waals surface area contributed by atoms with Gasteiger partial charge in [-0.3, -0.25) is 14.6 Å². The normalized spacial score (nSPS) is 18.4. The van der Waals surface area contributed by atoms with Crippen LogP contribution in [0.5, 0.6) is 5.75 Å². The van der Waals surface area contributed by atoms with Crippen molar-refractivity contribution in [2.75, 3.05) is 20.3 Å². The summed E-state index contributed by atoms with van der Waals surface area (Å²) in [5.74, 6) is 0.316. The minimum absolute atomic E-state index is 0.198. The van der Waals surface area contributed by atoms with Crippen LogP contribution in [-0.2, 0) is 4.74 Å². The highest BCUT2D eigenvalue weighted by atomic mass is 16.5. The Morgan fingerprint density at radius 2 is 2.14 bits per heavy atom. The number of hydrogen-bond donors (Lipinski definition) is 1. The third-order valence-electron chi connectivity index (χ3n) is 4.67. The Labute approximate surface area is 166 Å². The number of aromatic nitrogens is 4. The second-order valence-corrected chi connectivity index (χ2v) is 6.51. The van der Waals surface area contributed by atoms with Gasteiger partial charge in [-0.15, -0.1) is 0 Å². The molecule has 2 aromatic heterocycles. The molecule has 0 radical (unpaired) electrons. The van der Waals surface area contributed by atoms with Gasteiger partial charge in [0.15, 0.2) is 0 Å². The van der Waals surface area contributed by atoms with Crippen molar-refractivity contribution >= 4 is 5.91 Å². The lowest BCUT2D eigenvalue weighted by Crippen LogP contribution is -2.44. The summed E-state index contributed by atoms with van der Waals surface area (Å²) < 4.78 is 12.2. The van der Waals surface area contributed by atoms with E-state index in [0.717, 1.165) is 5.56 Å². The van der Waals surface area contributed by atoms with E-state index in [1.807, 2.05) is 24.3 Å². The average Bonchev–Trinajstić information content (AvgIpc) is 3.22. The minimum atomic E-state index is -0.436. The van der Waals surface area contributed by atoms with Crippen molar-refractivity contribution in [3.8, 4) is 17.0 Å². The number of nitrogens with one attached hydrogen (secondary N) is 1. The summed E-state index contributed by atoms with van der Waals surface area (Å²) >= 11 is 0. The van der Waals surface area contributed by atoms with E-state index in [1.54, 1.807) is 13.2 Å². The topological polar surface area (TPSA) is 108 Å². The van der Waals surface area contributed by atoms with Crippen molar-refractivity contribution in [1.82, 2.24) is 25.1 Å². The number of rotatable bonds is 5. The molecule has 3 aromatic rings. The number of amides is 1. The van der Waals surface area contributed by atoms with E-state index < -0.39 is 12.1 Å². The van der Waals surface area contributed by atoms with Gasteiger partial charge in [-0.2, -0.15) is 5.10 Å². The summed E-state index contributed by atoms with van der Waals surface area (Å²) in [6.45, 7) is 0.536. The minimum Gasteiger partial charge on any atom is -0.497 e. The van der Waals surface area contributed by atoms with Gasteiger partial charge in [-0.1, -0.05) is 12.1 Å². The van der Waals surface area contributed by atoms with E-state index in [-0.39, 0.29) is 30.4 Å². The van der Waals surface area contributed by atoms with Crippen LogP contribution in [0.3, 0.4) is 0 Å². The van der Waals surface area contributed by atoms with E-state index in [2.05, 4.69) is 20.4 Å². The van der Waals surface area contributed by atoms with Crippen LogP contribution in [0.4, 0.5) is 0 Å². The first kappa shape index (κ1) is 18.8. The third-order valence-corrected chi connectivity index (χ3v) is 4.67. The number of ether oxygens (including phenoxy) is 2. The molecule has 0 aliphatic carbocycles. The summed E-state index contributed by atoms with van der Waals surface area (Å²) in [5, 5.41) is 7.38. The van der Waals surface area contributed by atoms with E-state index >= 15 is 0 Å². The van der Waals surface area contributed by atoms with Crippen LogP contribution in [-0.4, -0.2) is 52.0 Å². The molecule has 1 aliphatic heterocycles. The van der Waals surface area contributed by atoms with Crippen molar-refractivity contribution in [2.24, 2.45) is 0 Å². The van der Waals surface area contributed by atoms with Gasteiger partial charge in [0, 0.05) is 24.0 Å². The summed E-state index contributed by atoms with van der Waals surface area (Å²) in [6, 6.07) is 9.69. The number of carbonyl (C=O) groups is 1. The van der Waals surface area contributed by atoms with Crippen molar-refractivity contribution in [3.05, 3.63) is 71.0 Å². The molecule has 2 unspecified atom stereocenters. The molecule has 3 heterocycles. The Balaban J connectivity index is 1.61. The van der Waals surface area contributed by atoms with Gasteiger partial charge in [0.1, 0.15) is 17.5 Å². The fraction of sp³-hybridized carbons (Fsp3) is 0.250. The van der Waals surface area contributed by atoms with Crippen LogP contribution in [0.15, 0.2) is 59.8 Å². The highest BCUT2D eigenvalue weighted by Crippen LogP contribution is 2.23. The van der Waals surface area contributed by atoms with Crippen LogP contribution < -0.4 is 15.6 Å². The quantitative estimate of drug-likeness (QED) is 0.691. The highest BCUT2D eigenvalue weighted by molar-refractivity contribution is 5.92. The van der Waals surface area contributed by atoms with Crippen LogP contribution >= 0.6 is 0 Å². The number of carbonyl (C=O) groups excluding carboxylic acids is 1. The molecular weight excluding hydrogens is 374 g/mol. The predicted molar refractivity (Wildman–Crippen MR) is 104 cm³/mol. The second-order valence-electron chi connectivity index (χ2n) is 6.51. The molecule has 9 heteroatoms. The van der Waals surface area contributed by atoms with Crippen LogP contribution in [0.2, 0.25) is 0 Å². The highest BCUT2D eigenvalue weighted by Gasteiger charge is 2.33. The predicted octanol–water partition coefficient (Wildman–Crippen LogP) is 1.08. The molecule has 0 saturated carbocycles. The molecule has 2 atom stereocenters. The fourth-order valence-electron chi connectivity index (χ4n) is 3.18. The lowest BCUT2D eigenvalue weighted by Gasteiger charge is -2.20. The van der Waals surface area contributed by atoms with Crippen molar-refractivity contribution in [1.29, 1.82) is 0 Å². The first-order valence-electron chi connectivity index (χ1n) is 9.04. The molecule has 1 amide bonds. The number of benzene rings is 1. The Morgan fingerprint density at radius 1 is 1.24 bits per heavy atom. The van der Waals surface area contributed by atoms with Gasteiger partial charge >= 0.3 is 0 Å². The smallest absolute Gasteiger partial charge is 0.271 e. The fourth-order valence-corrected chi connectivity index (χ4v) is 3.18. The molecule has 1 aromatic carbocycles. The van der Waals surface area contributed by atoms with Crippen LogP contribution in [0, 0.1) is 0 Å². The van der Waals surface area contributed by atoms with E-state index in [0.29, 0.717) is 11.4 Å². The van der Waals surface area contributed by atoms with Crippen LogP contribution in [0.1, 0.15) is 16.5 Å². The molecule has 0 spiro atoms. The van der Waals surface area contributed by atoms with E-state index in [4.69, 9.17) is 9.47 Å². The Kier molecular flexibility index (Phi) is 5.30. The maximum atomic E-state index is 12.5. The largest absolute Gasteiger partial charge is 0.497 e. The SMILES string of the molecule is COc1cccc(-c2ccc(=O)n(C3COCC3NC(=O)c3cnccn3)n2)c1. The molecule has 0 bridgehead atoms. The van der Waals surface area contributed by atoms with E-state index in [9.17, 15) is 9.59 Å². The van der Waals surface area contributed by atoms with Gasteiger partial charge < -0.3 is 14.8 Å². The zero-order valence-corrected chi connectivity index (χ0v) is 15.7. The number of hydrogen-bond acceptors (Lipinski definition) is 7. The standard InChI is InChI=1S/C20H19N5O4/c1-28-14-4-2-3-13(9-14)15-5-6-19(26)25(24-15)18-12-29-11-17(18)23-20(27)16-10-21-7-8-22-16/h2-10,17-18H,11-12H2,1H3,(H,23,27). The van der Waals surface area contributed by atoms with Gasteiger partial charge in [0.2, 0.25) is 0 Å². The Hall–Kier alpha value is -3.59. The lowest BCUT2D eigenvalue weighted by molar-refractivity contribution is 0.0919. The first-order valence-corrected chi connectivity index (χ1v) is 9.04. The molecule has 1 aliphatic rings. The van der Waals surface area contributed by atoms with Gasteiger partial charge in [-0.25, -0.2) is 9.67 Å². The molecule has 9 nitrogen and oxygen atoms in total. The van der Waals surface area contributed by atoms with Crippen molar-refractivity contribution in [2.45, 2.75) is 12.1 Å². The molecule has 1 N–H and O–H groups in total. The molecule has 148 valence electrons. The summed E-state index contributed by atoms with van der Waals surface area (Å²) in [6.07, 6.45) is 4.32. The van der Waals surface area contributed by atoms with Crippen LogP contribution in [0.25, 0.3) is 11.3 Å². The molecule has 1 saturated heterocycles. The van der Waals surface area contributed by atoms with Gasteiger partial charge in [-0.05, 0) is 18.2 Å². The summed E-state index contributed by atoms with van der Waals surface area (Å²) in [4.78, 5) is 32.8. The van der Waals surface area contributed by atoms with E-state index in [1.165, 1.54) is 29.3 Å².